The lowest BCUT2D eigenvalue weighted by Gasteiger charge is -2.05. The Balaban J connectivity index is 2.81. The maximum Gasteiger partial charge on any atom is 0.163 e. The minimum atomic E-state index is 0.153. The van der Waals surface area contributed by atoms with Gasteiger partial charge in [0.1, 0.15) is 5.75 Å². The molecule has 2 nitrogen and oxygen atoms in total. The van der Waals surface area contributed by atoms with Crippen molar-refractivity contribution < 1.29 is 9.53 Å². The minimum absolute atomic E-state index is 0.153. The van der Waals surface area contributed by atoms with E-state index < -0.39 is 0 Å². The third-order valence-electron chi connectivity index (χ3n) is 2.01. The van der Waals surface area contributed by atoms with E-state index in [2.05, 4.69) is 31.9 Å². The normalized spacial score (nSPS) is 10.1. The number of benzene rings is 1. The Labute approximate surface area is 106 Å². The first-order chi connectivity index (χ1) is 7.19. The van der Waals surface area contributed by atoms with Crippen molar-refractivity contribution in [1.29, 1.82) is 0 Å². The number of rotatable bonds is 5. The van der Waals surface area contributed by atoms with Crippen LogP contribution in [0.25, 0.3) is 0 Å². The van der Waals surface area contributed by atoms with Gasteiger partial charge in [0.2, 0.25) is 0 Å². The van der Waals surface area contributed by atoms with Crippen molar-refractivity contribution >= 4 is 37.6 Å². The molecular weight excluding hydrogens is 324 g/mol. The summed E-state index contributed by atoms with van der Waals surface area (Å²) in [5, 5.41) is 0.854. The number of ketones is 1. The van der Waals surface area contributed by atoms with Crippen molar-refractivity contribution in [2.24, 2.45) is 0 Å². The molecule has 0 aliphatic heterocycles. The second kappa shape index (κ2) is 6.28. The second-order valence-corrected chi connectivity index (χ2v) is 4.71. The van der Waals surface area contributed by atoms with E-state index in [-0.39, 0.29) is 5.78 Å². The maximum atomic E-state index is 11.7. The summed E-state index contributed by atoms with van der Waals surface area (Å²) in [6, 6.07) is 5.41. The number of halogens is 2. The van der Waals surface area contributed by atoms with Gasteiger partial charge in [-0.1, -0.05) is 22.0 Å². The van der Waals surface area contributed by atoms with Crippen molar-refractivity contribution in [1.82, 2.24) is 0 Å². The minimum Gasteiger partial charge on any atom is -0.496 e. The van der Waals surface area contributed by atoms with Crippen LogP contribution in [-0.4, -0.2) is 18.2 Å². The molecule has 0 radical (unpaired) electrons. The zero-order valence-corrected chi connectivity index (χ0v) is 11.6. The first kappa shape index (κ1) is 12.7. The Morgan fingerprint density at radius 1 is 1.47 bits per heavy atom. The van der Waals surface area contributed by atoms with Gasteiger partial charge in [-0.3, -0.25) is 4.79 Å². The monoisotopic (exact) mass is 334 g/mol. The number of carbonyl (C=O) groups excluding carboxylic acids is 1. The van der Waals surface area contributed by atoms with Crippen molar-refractivity contribution in [2.75, 3.05) is 12.4 Å². The number of alkyl halides is 1. The second-order valence-electron chi connectivity index (χ2n) is 3.07. The van der Waals surface area contributed by atoms with E-state index in [0.717, 1.165) is 16.2 Å². The first-order valence-corrected chi connectivity index (χ1v) is 6.53. The first-order valence-electron chi connectivity index (χ1n) is 4.61. The molecule has 0 spiro atoms. The lowest BCUT2D eigenvalue weighted by atomic mass is 10.1. The topological polar surface area (TPSA) is 26.3 Å². The Kier molecular flexibility index (Phi) is 5.32. The molecular formula is C11H12Br2O2. The fraction of sp³-hybridized carbons (Fsp3) is 0.364. The molecule has 15 heavy (non-hydrogen) atoms. The number of carbonyl (C=O) groups is 1. The van der Waals surface area contributed by atoms with E-state index >= 15 is 0 Å². The molecule has 1 aromatic rings. The average Bonchev–Trinajstić information content (AvgIpc) is 2.26. The zero-order valence-electron chi connectivity index (χ0n) is 8.43. The molecule has 0 saturated carbocycles. The number of hydrogen-bond acceptors (Lipinski definition) is 2. The highest BCUT2D eigenvalue weighted by molar-refractivity contribution is 9.10. The van der Waals surface area contributed by atoms with Crippen LogP contribution in [0.2, 0.25) is 0 Å². The number of hydrogen-bond donors (Lipinski definition) is 0. The SMILES string of the molecule is COc1cc(C(=O)CCCBr)ccc1Br. The van der Waals surface area contributed by atoms with Crippen molar-refractivity contribution in [3.63, 3.8) is 0 Å². The molecule has 0 unspecified atom stereocenters. The third kappa shape index (κ3) is 3.61. The molecule has 4 heteroatoms. The number of methoxy groups -OCH3 is 1. The van der Waals surface area contributed by atoms with Crippen LogP contribution in [0.3, 0.4) is 0 Å². The van der Waals surface area contributed by atoms with Crippen molar-refractivity contribution in [3.05, 3.63) is 28.2 Å². The standard InChI is InChI=1S/C11H12Br2O2/c1-15-11-7-8(4-5-9(11)13)10(14)3-2-6-12/h4-5,7H,2-3,6H2,1H3. The fourth-order valence-electron chi connectivity index (χ4n) is 1.20. The molecule has 0 saturated heterocycles. The van der Waals surface area contributed by atoms with Crippen LogP contribution in [0.5, 0.6) is 5.75 Å². The van der Waals surface area contributed by atoms with Crippen LogP contribution in [0.4, 0.5) is 0 Å². The zero-order chi connectivity index (χ0) is 11.3. The van der Waals surface area contributed by atoms with Crippen molar-refractivity contribution in [3.8, 4) is 5.75 Å². The van der Waals surface area contributed by atoms with Crippen LogP contribution in [0, 0.1) is 0 Å². The molecule has 1 rings (SSSR count). The third-order valence-corrected chi connectivity index (χ3v) is 3.23. The number of ether oxygens (including phenoxy) is 1. The van der Waals surface area contributed by atoms with E-state index in [1.807, 2.05) is 12.1 Å². The van der Waals surface area contributed by atoms with Gasteiger partial charge in [0.05, 0.1) is 11.6 Å². The van der Waals surface area contributed by atoms with E-state index in [1.54, 1.807) is 13.2 Å². The van der Waals surface area contributed by atoms with Crippen LogP contribution >= 0.6 is 31.9 Å². The van der Waals surface area contributed by atoms with E-state index in [4.69, 9.17) is 4.74 Å². The van der Waals surface area contributed by atoms with Gasteiger partial charge >= 0.3 is 0 Å². The molecule has 0 fully saturated rings. The van der Waals surface area contributed by atoms with Crippen LogP contribution in [0.1, 0.15) is 23.2 Å². The summed E-state index contributed by atoms with van der Waals surface area (Å²) in [5.41, 5.74) is 0.705. The fourth-order valence-corrected chi connectivity index (χ4v) is 1.89. The lowest BCUT2D eigenvalue weighted by Crippen LogP contribution is -2.00. The van der Waals surface area contributed by atoms with Crippen LogP contribution < -0.4 is 4.74 Å². The van der Waals surface area contributed by atoms with Gasteiger partial charge in [0.15, 0.2) is 5.78 Å². The summed E-state index contributed by atoms with van der Waals surface area (Å²) in [6.07, 6.45) is 1.42. The highest BCUT2D eigenvalue weighted by atomic mass is 79.9. The highest BCUT2D eigenvalue weighted by Gasteiger charge is 2.08. The summed E-state index contributed by atoms with van der Waals surface area (Å²) in [7, 11) is 1.59. The molecule has 0 atom stereocenters. The average molecular weight is 336 g/mol. The quantitative estimate of drug-likeness (QED) is 0.604. The van der Waals surface area contributed by atoms with E-state index in [0.29, 0.717) is 17.7 Å². The van der Waals surface area contributed by atoms with Crippen LogP contribution in [0.15, 0.2) is 22.7 Å². The predicted molar refractivity (Wildman–Crippen MR) is 68.1 cm³/mol. The smallest absolute Gasteiger partial charge is 0.163 e. The predicted octanol–water partition coefficient (Wildman–Crippen LogP) is 3.82. The van der Waals surface area contributed by atoms with Gasteiger partial charge in [-0.15, -0.1) is 0 Å². The molecule has 0 N–H and O–H groups in total. The molecule has 0 bridgehead atoms. The summed E-state index contributed by atoms with van der Waals surface area (Å²) in [5.74, 6) is 0.847. The lowest BCUT2D eigenvalue weighted by molar-refractivity contribution is 0.0982. The summed E-state index contributed by atoms with van der Waals surface area (Å²) < 4.78 is 5.99. The molecule has 1 aromatic carbocycles. The van der Waals surface area contributed by atoms with Gasteiger partial charge in [-0.25, -0.2) is 0 Å². The van der Waals surface area contributed by atoms with Gasteiger partial charge in [-0.2, -0.15) is 0 Å². The molecule has 0 heterocycles. The van der Waals surface area contributed by atoms with Gasteiger partial charge in [-0.05, 0) is 34.5 Å². The van der Waals surface area contributed by atoms with Gasteiger partial charge in [0, 0.05) is 17.3 Å². The summed E-state index contributed by atoms with van der Waals surface area (Å²) >= 11 is 6.65. The Morgan fingerprint density at radius 2 is 2.20 bits per heavy atom. The van der Waals surface area contributed by atoms with Crippen LogP contribution in [-0.2, 0) is 0 Å². The maximum absolute atomic E-state index is 11.7. The largest absolute Gasteiger partial charge is 0.496 e. The van der Waals surface area contributed by atoms with Gasteiger partial charge in [0.25, 0.3) is 0 Å². The Hall–Kier alpha value is -0.350. The van der Waals surface area contributed by atoms with E-state index in [1.165, 1.54) is 0 Å². The molecule has 82 valence electrons. The Morgan fingerprint density at radius 3 is 2.80 bits per heavy atom. The molecule has 0 aliphatic carbocycles. The van der Waals surface area contributed by atoms with Gasteiger partial charge < -0.3 is 4.74 Å². The highest BCUT2D eigenvalue weighted by Crippen LogP contribution is 2.26. The summed E-state index contributed by atoms with van der Waals surface area (Å²) in [6.45, 7) is 0. The van der Waals surface area contributed by atoms with E-state index in [9.17, 15) is 4.79 Å². The molecule has 0 aliphatic rings. The summed E-state index contributed by atoms with van der Waals surface area (Å²) in [4.78, 5) is 11.7. The van der Waals surface area contributed by atoms with Crippen molar-refractivity contribution in [2.45, 2.75) is 12.8 Å². The molecule has 0 aromatic heterocycles. The Bertz CT molecular complexity index is 350. The number of Topliss-reactive ketones (excluding diaryl/α,β-unsaturated/α-hetero) is 1. The molecule has 0 amide bonds.